The van der Waals surface area contributed by atoms with Crippen molar-refractivity contribution >= 4 is 17.4 Å². The molecule has 0 bridgehead atoms. The summed E-state index contributed by atoms with van der Waals surface area (Å²) in [6.07, 6.45) is 3.85. The van der Waals surface area contributed by atoms with Gasteiger partial charge < -0.3 is 20.6 Å². The number of hydrogen-bond donors (Lipinski definition) is 3. The Morgan fingerprint density at radius 1 is 1.29 bits per heavy atom. The Balaban J connectivity index is 1.94. The summed E-state index contributed by atoms with van der Waals surface area (Å²) >= 11 is 0. The Hall–Kier alpha value is -1.75. The van der Waals surface area contributed by atoms with Crippen molar-refractivity contribution < 1.29 is 9.90 Å². The van der Waals surface area contributed by atoms with Crippen LogP contribution in [0.4, 0.5) is 16.2 Å². The lowest BCUT2D eigenvalue weighted by Gasteiger charge is -2.30. The van der Waals surface area contributed by atoms with Crippen LogP contribution in [0.25, 0.3) is 0 Å². The molecule has 0 saturated carbocycles. The van der Waals surface area contributed by atoms with E-state index in [1.165, 1.54) is 19.3 Å². The minimum Gasteiger partial charge on any atom is -0.393 e. The first-order valence-electron chi connectivity index (χ1n) is 7.73. The fraction of sp³-hybridized carbons (Fsp3) is 0.562. The third-order valence-corrected chi connectivity index (χ3v) is 3.70. The third-order valence-electron chi connectivity index (χ3n) is 3.70. The molecule has 1 fully saturated rings. The van der Waals surface area contributed by atoms with E-state index in [2.05, 4.69) is 21.6 Å². The molecule has 2 amide bonds. The number of aliphatic hydroxyl groups excluding tert-OH is 1. The molecule has 5 heteroatoms. The number of anilines is 2. The van der Waals surface area contributed by atoms with Crippen LogP contribution in [0.3, 0.4) is 0 Å². The summed E-state index contributed by atoms with van der Waals surface area (Å²) in [4.78, 5) is 14.2. The van der Waals surface area contributed by atoms with Crippen LogP contribution in [0, 0.1) is 0 Å². The van der Waals surface area contributed by atoms with Crippen molar-refractivity contribution in [2.24, 2.45) is 0 Å². The molecule has 116 valence electrons. The zero-order chi connectivity index (χ0) is 15.1. The largest absolute Gasteiger partial charge is 0.393 e. The Morgan fingerprint density at radius 2 is 2.00 bits per heavy atom. The van der Waals surface area contributed by atoms with E-state index >= 15 is 0 Å². The number of carbonyl (C=O) groups excluding carboxylic acids is 1. The number of rotatable bonds is 5. The summed E-state index contributed by atoms with van der Waals surface area (Å²) in [5, 5.41) is 14.9. The minimum absolute atomic E-state index is 0.222. The van der Waals surface area contributed by atoms with Crippen molar-refractivity contribution in [3.05, 3.63) is 24.3 Å². The molecule has 1 heterocycles. The first-order valence-corrected chi connectivity index (χ1v) is 7.73. The summed E-state index contributed by atoms with van der Waals surface area (Å²) < 4.78 is 0. The molecule has 0 aliphatic carbocycles. The van der Waals surface area contributed by atoms with Gasteiger partial charge in [0, 0.05) is 19.6 Å². The van der Waals surface area contributed by atoms with Gasteiger partial charge in [-0.2, -0.15) is 0 Å². The second-order valence-corrected chi connectivity index (χ2v) is 5.58. The summed E-state index contributed by atoms with van der Waals surface area (Å²) in [6, 6.07) is 7.69. The van der Waals surface area contributed by atoms with E-state index in [4.69, 9.17) is 0 Å². The van der Waals surface area contributed by atoms with Gasteiger partial charge >= 0.3 is 6.03 Å². The molecule has 1 unspecified atom stereocenters. The van der Waals surface area contributed by atoms with Gasteiger partial charge in [-0.3, -0.25) is 0 Å². The van der Waals surface area contributed by atoms with E-state index in [0.717, 1.165) is 24.5 Å². The van der Waals surface area contributed by atoms with E-state index in [0.29, 0.717) is 13.0 Å². The molecule has 1 atom stereocenters. The number of para-hydroxylation sites is 2. The van der Waals surface area contributed by atoms with Crippen molar-refractivity contribution in [3.63, 3.8) is 0 Å². The zero-order valence-electron chi connectivity index (χ0n) is 12.6. The maximum Gasteiger partial charge on any atom is 0.319 e. The number of amides is 2. The second-order valence-electron chi connectivity index (χ2n) is 5.58. The minimum atomic E-state index is -0.397. The number of benzene rings is 1. The molecular formula is C16H25N3O2. The Labute approximate surface area is 126 Å². The molecule has 1 saturated heterocycles. The zero-order valence-corrected chi connectivity index (χ0v) is 12.6. The molecule has 0 radical (unpaired) electrons. The summed E-state index contributed by atoms with van der Waals surface area (Å²) in [7, 11) is 0. The molecule has 0 spiro atoms. The van der Waals surface area contributed by atoms with Gasteiger partial charge in [0.2, 0.25) is 0 Å². The monoisotopic (exact) mass is 291 g/mol. The number of carbonyl (C=O) groups is 1. The predicted molar refractivity (Wildman–Crippen MR) is 85.8 cm³/mol. The Kier molecular flexibility index (Phi) is 5.87. The lowest BCUT2D eigenvalue weighted by atomic mass is 10.1. The van der Waals surface area contributed by atoms with Gasteiger partial charge in [0.1, 0.15) is 0 Å². The van der Waals surface area contributed by atoms with Crippen molar-refractivity contribution in [2.75, 3.05) is 29.9 Å². The number of hydrogen-bond acceptors (Lipinski definition) is 3. The van der Waals surface area contributed by atoms with Crippen molar-refractivity contribution in [2.45, 2.75) is 38.7 Å². The molecular weight excluding hydrogens is 266 g/mol. The number of urea groups is 1. The van der Waals surface area contributed by atoms with Crippen LogP contribution in [-0.2, 0) is 0 Å². The highest BCUT2D eigenvalue weighted by Crippen LogP contribution is 2.28. The smallest absolute Gasteiger partial charge is 0.319 e. The maximum absolute atomic E-state index is 11.9. The van der Waals surface area contributed by atoms with Crippen LogP contribution in [-0.4, -0.2) is 36.9 Å². The van der Waals surface area contributed by atoms with Crippen molar-refractivity contribution in [1.82, 2.24) is 5.32 Å². The molecule has 1 aliphatic heterocycles. The maximum atomic E-state index is 11.9. The highest BCUT2D eigenvalue weighted by atomic mass is 16.3. The average molecular weight is 291 g/mol. The fourth-order valence-electron chi connectivity index (χ4n) is 2.55. The van der Waals surface area contributed by atoms with Gasteiger partial charge in [-0.1, -0.05) is 12.1 Å². The number of piperidine rings is 1. The molecule has 2 rings (SSSR count). The van der Waals surface area contributed by atoms with E-state index in [1.54, 1.807) is 6.92 Å². The van der Waals surface area contributed by atoms with Gasteiger partial charge in [0.25, 0.3) is 0 Å². The third kappa shape index (κ3) is 4.93. The van der Waals surface area contributed by atoms with Crippen molar-refractivity contribution in [3.8, 4) is 0 Å². The molecule has 5 nitrogen and oxygen atoms in total. The highest BCUT2D eigenvalue weighted by molar-refractivity contribution is 5.93. The van der Waals surface area contributed by atoms with Gasteiger partial charge in [-0.25, -0.2) is 4.79 Å². The summed E-state index contributed by atoms with van der Waals surface area (Å²) in [6.45, 7) is 4.27. The summed E-state index contributed by atoms with van der Waals surface area (Å²) in [5.74, 6) is 0. The Morgan fingerprint density at radius 3 is 2.71 bits per heavy atom. The predicted octanol–water partition coefficient (Wildman–Crippen LogP) is 2.57. The molecule has 1 aliphatic rings. The molecule has 1 aromatic carbocycles. The van der Waals surface area contributed by atoms with Crippen molar-refractivity contribution in [1.29, 1.82) is 0 Å². The molecule has 0 aromatic heterocycles. The topological polar surface area (TPSA) is 64.6 Å². The number of nitrogens with zero attached hydrogens (tertiary/aromatic N) is 1. The molecule has 1 aromatic rings. The SMILES string of the molecule is CC(O)CCNC(=O)Nc1ccccc1N1CCCCC1. The quantitative estimate of drug-likeness (QED) is 0.781. The highest BCUT2D eigenvalue weighted by Gasteiger charge is 2.15. The lowest BCUT2D eigenvalue weighted by Crippen LogP contribution is -2.33. The average Bonchev–Trinajstić information content (AvgIpc) is 2.48. The second kappa shape index (κ2) is 7.88. The first-order chi connectivity index (χ1) is 10.2. The van der Waals surface area contributed by atoms with Crippen LogP contribution in [0.5, 0.6) is 0 Å². The van der Waals surface area contributed by atoms with Gasteiger partial charge in [-0.05, 0) is 44.7 Å². The molecule has 21 heavy (non-hydrogen) atoms. The normalized spacial score (nSPS) is 16.4. The van der Waals surface area contributed by atoms with Crippen LogP contribution in [0.1, 0.15) is 32.6 Å². The molecule has 3 N–H and O–H groups in total. The summed E-state index contributed by atoms with van der Waals surface area (Å²) in [5.41, 5.74) is 1.93. The van der Waals surface area contributed by atoms with E-state index in [-0.39, 0.29) is 6.03 Å². The van der Waals surface area contributed by atoms with E-state index in [9.17, 15) is 9.90 Å². The van der Waals surface area contributed by atoms with Crippen LogP contribution in [0.2, 0.25) is 0 Å². The van der Waals surface area contributed by atoms with Gasteiger partial charge in [0.05, 0.1) is 17.5 Å². The first kappa shape index (κ1) is 15.6. The Bertz CT molecular complexity index is 457. The van der Waals surface area contributed by atoms with Crippen LogP contribution >= 0.6 is 0 Å². The number of nitrogens with one attached hydrogen (secondary N) is 2. The van der Waals surface area contributed by atoms with E-state index in [1.807, 2.05) is 18.2 Å². The van der Waals surface area contributed by atoms with Gasteiger partial charge in [-0.15, -0.1) is 0 Å². The van der Waals surface area contributed by atoms with E-state index < -0.39 is 6.10 Å². The standard InChI is InChI=1S/C16H25N3O2/c1-13(20)9-10-17-16(21)18-14-7-3-4-8-15(14)19-11-5-2-6-12-19/h3-4,7-8,13,20H,2,5-6,9-12H2,1H3,(H2,17,18,21). The lowest BCUT2D eigenvalue weighted by molar-refractivity contribution is 0.184. The van der Waals surface area contributed by atoms with Gasteiger partial charge in [0.15, 0.2) is 0 Å². The van der Waals surface area contributed by atoms with Crippen LogP contribution < -0.4 is 15.5 Å². The fourth-order valence-corrected chi connectivity index (χ4v) is 2.55. The number of aliphatic hydroxyl groups is 1. The van der Waals surface area contributed by atoms with Crippen LogP contribution in [0.15, 0.2) is 24.3 Å².